The second-order valence-corrected chi connectivity index (χ2v) is 9.99. The van der Waals surface area contributed by atoms with Crippen LogP contribution in [0.3, 0.4) is 0 Å². The molecule has 1 aliphatic heterocycles. The molecular formula is C25H29N3OS. The maximum Gasteiger partial charge on any atom is 0.322 e. The van der Waals surface area contributed by atoms with Crippen molar-refractivity contribution in [2.24, 2.45) is 5.92 Å². The van der Waals surface area contributed by atoms with Gasteiger partial charge in [-0.05, 0) is 68.4 Å². The summed E-state index contributed by atoms with van der Waals surface area (Å²) >= 11 is 1.94. The first-order chi connectivity index (χ1) is 14.5. The molecule has 1 N–H and O–H groups in total. The average molecular weight is 420 g/mol. The minimum Gasteiger partial charge on any atom is -0.311 e. The summed E-state index contributed by atoms with van der Waals surface area (Å²) in [6.45, 7) is 7.15. The standard InChI is InChI=1S/C25H29N3OS/c1-16(2)23-21-8-6-14-27(21)24-20(19-7-4-5-9-22(19)30-24)15-28(23)25(29)26-18-12-10-17(3)11-13-18/h6,8,10-14,16,23H,4-5,7,9,15H2,1-3H3,(H,26,29). The Morgan fingerprint density at radius 3 is 2.63 bits per heavy atom. The van der Waals surface area contributed by atoms with Crippen molar-refractivity contribution in [3.05, 3.63) is 69.9 Å². The molecule has 3 heterocycles. The maximum absolute atomic E-state index is 13.6. The summed E-state index contributed by atoms with van der Waals surface area (Å²) < 4.78 is 2.35. The molecule has 3 aromatic rings. The van der Waals surface area contributed by atoms with Gasteiger partial charge in [-0.1, -0.05) is 31.5 Å². The maximum atomic E-state index is 13.6. The molecule has 1 aromatic carbocycles. The fraction of sp³-hybridized carbons (Fsp3) is 0.400. The van der Waals surface area contributed by atoms with Crippen LogP contribution >= 0.6 is 11.3 Å². The molecule has 2 amide bonds. The van der Waals surface area contributed by atoms with Crippen molar-refractivity contribution in [1.82, 2.24) is 9.47 Å². The summed E-state index contributed by atoms with van der Waals surface area (Å²) in [5, 5.41) is 4.48. The van der Waals surface area contributed by atoms with Crippen LogP contribution in [0.25, 0.3) is 5.00 Å². The number of rotatable bonds is 2. The van der Waals surface area contributed by atoms with Crippen molar-refractivity contribution in [2.75, 3.05) is 5.32 Å². The molecule has 0 saturated carbocycles. The van der Waals surface area contributed by atoms with E-state index in [0.717, 1.165) is 12.1 Å². The largest absolute Gasteiger partial charge is 0.322 e. The monoisotopic (exact) mass is 419 g/mol. The topological polar surface area (TPSA) is 37.3 Å². The Bertz CT molecular complexity index is 1080. The SMILES string of the molecule is Cc1ccc(NC(=O)N2Cc3c(sc4c3CCCC4)-n3cccc3C2C(C)C)cc1. The summed E-state index contributed by atoms with van der Waals surface area (Å²) in [6, 6.07) is 12.4. The van der Waals surface area contributed by atoms with Crippen molar-refractivity contribution < 1.29 is 4.79 Å². The highest BCUT2D eigenvalue weighted by atomic mass is 32.1. The number of hydrogen-bond acceptors (Lipinski definition) is 2. The molecular weight excluding hydrogens is 390 g/mol. The fourth-order valence-corrected chi connectivity index (χ4v) is 6.36. The lowest BCUT2D eigenvalue weighted by atomic mass is 9.94. The van der Waals surface area contributed by atoms with Crippen molar-refractivity contribution in [2.45, 2.75) is 59.0 Å². The predicted octanol–water partition coefficient (Wildman–Crippen LogP) is 6.47. The minimum absolute atomic E-state index is 0.0195. The molecule has 5 rings (SSSR count). The highest BCUT2D eigenvalue weighted by Gasteiger charge is 2.36. The van der Waals surface area contributed by atoms with E-state index in [9.17, 15) is 4.79 Å². The van der Waals surface area contributed by atoms with Crippen LogP contribution in [0.15, 0.2) is 42.6 Å². The van der Waals surface area contributed by atoms with Crippen molar-refractivity contribution in [3.8, 4) is 5.00 Å². The van der Waals surface area contributed by atoms with Crippen molar-refractivity contribution >= 4 is 23.1 Å². The molecule has 4 nitrogen and oxygen atoms in total. The Morgan fingerprint density at radius 1 is 1.10 bits per heavy atom. The number of aromatic nitrogens is 1. The van der Waals surface area contributed by atoms with Gasteiger partial charge in [0, 0.05) is 28.0 Å². The molecule has 0 fully saturated rings. The summed E-state index contributed by atoms with van der Waals surface area (Å²) in [5.74, 6) is 0.312. The van der Waals surface area contributed by atoms with Crippen LogP contribution in [-0.2, 0) is 19.4 Å². The molecule has 2 aromatic heterocycles. The molecule has 5 heteroatoms. The van der Waals surface area contributed by atoms with E-state index < -0.39 is 0 Å². The van der Waals surface area contributed by atoms with Gasteiger partial charge in [0.05, 0.1) is 12.6 Å². The first-order valence-electron chi connectivity index (χ1n) is 11.0. The molecule has 156 valence electrons. The van der Waals surface area contributed by atoms with Gasteiger partial charge in [-0.15, -0.1) is 11.3 Å². The Labute approximate surface area is 182 Å². The first-order valence-corrected chi connectivity index (χ1v) is 11.8. The molecule has 2 aliphatic rings. The number of anilines is 1. The molecule has 1 unspecified atom stereocenters. The molecule has 0 spiro atoms. The third-order valence-electron chi connectivity index (χ3n) is 6.42. The number of aryl methyl sites for hydroxylation is 2. The zero-order valence-corrected chi connectivity index (χ0v) is 18.8. The van der Waals surface area contributed by atoms with E-state index in [2.05, 4.69) is 53.9 Å². The Balaban J connectivity index is 1.58. The van der Waals surface area contributed by atoms with Crippen LogP contribution in [-0.4, -0.2) is 15.5 Å². The Morgan fingerprint density at radius 2 is 1.87 bits per heavy atom. The number of hydrogen-bond donors (Lipinski definition) is 1. The highest BCUT2D eigenvalue weighted by Crippen LogP contribution is 2.44. The molecule has 1 aliphatic carbocycles. The van der Waals surface area contributed by atoms with Gasteiger partial charge in [0.2, 0.25) is 0 Å². The minimum atomic E-state index is -0.0195. The lowest BCUT2D eigenvalue weighted by Gasteiger charge is -2.33. The van der Waals surface area contributed by atoms with Crippen LogP contribution in [0.5, 0.6) is 0 Å². The van der Waals surface area contributed by atoms with E-state index in [-0.39, 0.29) is 12.1 Å². The summed E-state index contributed by atoms with van der Waals surface area (Å²) in [7, 11) is 0. The number of carbonyl (C=O) groups is 1. The molecule has 0 radical (unpaired) electrons. The van der Waals surface area contributed by atoms with E-state index in [4.69, 9.17) is 0 Å². The van der Waals surface area contributed by atoms with Gasteiger partial charge in [0.15, 0.2) is 0 Å². The highest BCUT2D eigenvalue weighted by molar-refractivity contribution is 7.15. The zero-order chi connectivity index (χ0) is 20.8. The summed E-state index contributed by atoms with van der Waals surface area (Å²) in [5.41, 5.74) is 6.10. The zero-order valence-electron chi connectivity index (χ0n) is 17.9. The van der Waals surface area contributed by atoms with Crippen LogP contribution in [0.1, 0.15) is 60.0 Å². The van der Waals surface area contributed by atoms with Gasteiger partial charge in [-0.3, -0.25) is 0 Å². The van der Waals surface area contributed by atoms with Crippen LogP contribution in [0, 0.1) is 12.8 Å². The number of benzene rings is 1. The number of nitrogens with zero attached hydrogens (tertiary/aromatic N) is 2. The third-order valence-corrected chi connectivity index (χ3v) is 7.75. The van der Waals surface area contributed by atoms with Crippen LogP contribution in [0.2, 0.25) is 0 Å². The van der Waals surface area contributed by atoms with E-state index in [1.165, 1.54) is 51.5 Å². The summed E-state index contributed by atoms with van der Waals surface area (Å²) in [6.07, 6.45) is 7.01. The third kappa shape index (κ3) is 3.25. The van der Waals surface area contributed by atoms with Crippen LogP contribution < -0.4 is 5.32 Å². The predicted molar refractivity (Wildman–Crippen MR) is 124 cm³/mol. The second-order valence-electron chi connectivity index (χ2n) is 8.91. The van der Waals surface area contributed by atoms with Gasteiger partial charge in [0.1, 0.15) is 5.00 Å². The lowest BCUT2D eigenvalue weighted by molar-refractivity contribution is 0.161. The summed E-state index contributed by atoms with van der Waals surface area (Å²) in [4.78, 5) is 17.1. The molecule has 30 heavy (non-hydrogen) atoms. The van der Waals surface area contributed by atoms with E-state index >= 15 is 0 Å². The Kier molecular flexibility index (Phi) is 4.94. The number of nitrogens with one attached hydrogen (secondary N) is 1. The number of amides is 2. The smallest absolute Gasteiger partial charge is 0.311 e. The fourth-order valence-electron chi connectivity index (χ4n) is 4.95. The van der Waals surface area contributed by atoms with Gasteiger partial charge in [-0.25, -0.2) is 4.79 Å². The van der Waals surface area contributed by atoms with Gasteiger partial charge in [-0.2, -0.15) is 0 Å². The number of thiophene rings is 1. The van der Waals surface area contributed by atoms with Crippen molar-refractivity contribution in [1.29, 1.82) is 0 Å². The number of fused-ring (bicyclic) bond motifs is 5. The molecule has 0 saturated heterocycles. The lowest BCUT2D eigenvalue weighted by Crippen LogP contribution is -2.39. The van der Waals surface area contributed by atoms with E-state index in [1.54, 1.807) is 0 Å². The van der Waals surface area contributed by atoms with Gasteiger partial charge < -0.3 is 14.8 Å². The van der Waals surface area contributed by atoms with Crippen LogP contribution in [0.4, 0.5) is 10.5 Å². The van der Waals surface area contributed by atoms with E-state index in [0.29, 0.717) is 12.5 Å². The average Bonchev–Trinajstić information content (AvgIpc) is 3.31. The molecule has 0 bridgehead atoms. The number of carbonyl (C=O) groups excluding carboxylic acids is 1. The normalized spacial score (nSPS) is 17.9. The van der Waals surface area contributed by atoms with Gasteiger partial charge >= 0.3 is 6.03 Å². The number of urea groups is 1. The van der Waals surface area contributed by atoms with Crippen molar-refractivity contribution in [3.63, 3.8) is 0 Å². The molecule has 1 atom stereocenters. The second kappa shape index (κ2) is 7.62. The van der Waals surface area contributed by atoms with E-state index in [1.807, 2.05) is 35.6 Å². The van der Waals surface area contributed by atoms with Gasteiger partial charge in [0.25, 0.3) is 0 Å². The Hall–Kier alpha value is -2.53. The first kappa shape index (κ1) is 19.4. The quantitative estimate of drug-likeness (QED) is 0.508.